The van der Waals surface area contributed by atoms with Gasteiger partial charge in [-0.25, -0.2) is 4.98 Å². The van der Waals surface area contributed by atoms with Gasteiger partial charge in [0, 0.05) is 49.2 Å². The van der Waals surface area contributed by atoms with Crippen LogP contribution in [0.5, 0.6) is 5.75 Å². The summed E-state index contributed by atoms with van der Waals surface area (Å²) < 4.78 is 15.2. The molecule has 164 valence electrons. The van der Waals surface area contributed by atoms with Gasteiger partial charge in [0.25, 0.3) is 5.91 Å². The highest BCUT2D eigenvalue weighted by molar-refractivity contribution is 7.09. The molecule has 1 aliphatic heterocycles. The Bertz CT molecular complexity index is 994. The lowest BCUT2D eigenvalue weighted by atomic mass is 9.91. The monoisotopic (exact) mass is 441 g/mol. The fourth-order valence-corrected chi connectivity index (χ4v) is 4.85. The smallest absolute Gasteiger partial charge is 0.250 e. The third-order valence-electron chi connectivity index (χ3n) is 5.88. The minimum absolute atomic E-state index is 0.0215. The number of aryl methyl sites for hydroxylation is 1. The van der Waals surface area contributed by atoms with Crippen LogP contribution in [0.2, 0.25) is 0 Å². The molecule has 1 saturated carbocycles. The number of nitrogens with zero attached hydrogens (tertiary/aromatic N) is 2. The first-order chi connectivity index (χ1) is 15.1. The molecule has 1 aromatic heterocycles. The number of hydrogen-bond donors (Lipinski definition) is 1. The van der Waals surface area contributed by atoms with Crippen LogP contribution < -0.4 is 10.1 Å². The van der Waals surface area contributed by atoms with E-state index in [0.717, 1.165) is 54.5 Å². The molecule has 2 atom stereocenters. The molecule has 4 rings (SSSR count). The molecule has 1 saturated heterocycles. The Balaban J connectivity index is 1.45. The summed E-state index contributed by atoms with van der Waals surface area (Å²) in [5, 5.41) is 3.17. The number of ether oxygens (including phenoxy) is 2. The molecule has 8 heteroatoms. The number of aromatic nitrogens is 2. The fraction of sp³-hybridized carbons (Fsp3) is 0.478. The molecule has 2 fully saturated rings. The van der Waals surface area contributed by atoms with Gasteiger partial charge >= 0.3 is 0 Å². The Morgan fingerprint density at radius 1 is 1.39 bits per heavy atom. The second-order valence-corrected chi connectivity index (χ2v) is 8.81. The van der Waals surface area contributed by atoms with Crippen molar-refractivity contribution in [2.24, 2.45) is 5.92 Å². The number of amides is 1. The number of anilines is 1. The van der Waals surface area contributed by atoms with E-state index in [1.54, 1.807) is 7.11 Å². The number of methoxy groups -OCH3 is 1. The normalized spacial score (nSPS) is 22.3. The Morgan fingerprint density at radius 3 is 2.97 bits per heavy atom. The Morgan fingerprint density at radius 2 is 2.26 bits per heavy atom. The van der Waals surface area contributed by atoms with E-state index in [0.29, 0.717) is 41.7 Å². The topological polar surface area (TPSA) is 90.4 Å². The van der Waals surface area contributed by atoms with Gasteiger partial charge in [-0.2, -0.15) is 4.37 Å². The molecule has 2 heterocycles. The maximum atomic E-state index is 12.6. The van der Waals surface area contributed by atoms with Crippen LogP contribution in [0.1, 0.15) is 49.1 Å². The van der Waals surface area contributed by atoms with Crippen molar-refractivity contribution in [2.75, 3.05) is 25.6 Å². The van der Waals surface area contributed by atoms with Gasteiger partial charge in [-0.1, -0.05) is 19.1 Å². The highest BCUT2D eigenvalue weighted by Gasteiger charge is 2.30. The predicted molar refractivity (Wildman–Crippen MR) is 119 cm³/mol. The Kier molecular flexibility index (Phi) is 6.77. The van der Waals surface area contributed by atoms with Crippen molar-refractivity contribution in [3.63, 3.8) is 0 Å². The van der Waals surface area contributed by atoms with Gasteiger partial charge in [-0.05, 0) is 48.3 Å². The standard InChI is InChI=1S/C23H27N3O4S/c1-3-21-24-23(31-26-21)25-22(28)12-17-10-16(11-19(17)27)15-4-5-20(29-2)18(9-15)8-14-6-7-30-13-14/h4-5,9,12,14,16H,3,6-8,10-11,13H2,1-2H3,(H,24,25,26,28)/b17-12-/t14?,16-/m0/s1. The van der Waals surface area contributed by atoms with E-state index in [2.05, 4.69) is 20.7 Å². The van der Waals surface area contributed by atoms with Gasteiger partial charge in [-0.15, -0.1) is 0 Å². The summed E-state index contributed by atoms with van der Waals surface area (Å²) in [7, 11) is 1.68. The first-order valence-electron chi connectivity index (χ1n) is 10.7. The van der Waals surface area contributed by atoms with Crippen LogP contribution in [0.4, 0.5) is 5.13 Å². The van der Waals surface area contributed by atoms with Gasteiger partial charge in [0.2, 0.25) is 5.13 Å². The molecule has 2 aromatic rings. The van der Waals surface area contributed by atoms with E-state index in [1.807, 2.05) is 19.1 Å². The van der Waals surface area contributed by atoms with Crippen molar-refractivity contribution in [1.82, 2.24) is 9.36 Å². The maximum absolute atomic E-state index is 12.6. The molecular weight excluding hydrogens is 414 g/mol. The largest absolute Gasteiger partial charge is 0.496 e. The second kappa shape index (κ2) is 9.70. The van der Waals surface area contributed by atoms with Crippen LogP contribution in [0.3, 0.4) is 0 Å². The van der Waals surface area contributed by atoms with Crippen molar-refractivity contribution in [3.05, 3.63) is 46.8 Å². The quantitative estimate of drug-likeness (QED) is 0.659. The average molecular weight is 442 g/mol. The number of Topliss-reactive ketones (excluding diaryl/α,β-unsaturated/α-hetero) is 1. The van der Waals surface area contributed by atoms with Crippen molar-refractivity contribution in [1.29, 1.82) is 0 Å². The molecule has 31 heavy (non-hydrogen) atoms. The number of nitrogens with one attached hydrogen (secondary N) is 1. The van der Waals surface area contributed by atoms with Crippen LogP contribution in [0.15, 0.2) is 29.8 Å². The van der Waals surface area contributed by atoms with Gasteiger partial charge in [-0.3, -0.25) is 14.9 Å². The Hall–Kier alpha value is -2.58. The van der Waals surface area contributed by atoms with E-state index in [9.17, 15) is 9.59 Å². The molecule has 7 nitrogen and oxygen atoms in total. The Labute approximate surface area is 186 Å². The van der Waals surface area contributed by atoms with Gasteiger partial charge in [0.05, 0.1) is 7.11 Å². The van der Waals surface area contributed by atoms with Gasteiger partial charge < -0.3 is 9.47 Å². The van der Waals surface area contributed by atoms with Crippen molar-refractivity contribution >= 4 is 28.4 Å². The van der Waals surface area contributed by atoms with E-state index < -0.39 is 0 Å². The number of hydrogen-bond acceptors (Lipinski definition) is 7. The van der Waals surface area contributed by atoms with E-state index in [4.69, 9.17) is 9.47 Å². The molecule has 1 amide bonds. The lowest BCUT2D eigenvalue weighted by molar-refractivity contribution is -0.115. The highest BCUT2D eigenvalue weighted by atomic mass is 32.1. The molecule has 2 aliphatic rings. The number of benzene rings is 1. The van der Waals surface area contributed by atoms with Crippen molar-refractivity contribution in [2.45, 2.75) is 44.9 Å². The predicted octanol–water partition coefficient (Wildman–Crippen LogP) is 3.70. The molecule has 0 radical (unpaired) electrons. The average Bonchev–Trinajstić information content (AvgIpc) is 3.51. The number of carbonyl (C=O) groups excluding carboxylic acids is 2. The number of allylic oxidation sites excluding steroid dienone is 1. The lowest BCUT2D eigenvalue weighted by Gasteiger charge is -2.16. The maximum Gasteiger partial charge on any atom is 0.250 e. The molecular formula is C23H27N3O4S. The summed E-state index contributed by atoms with van der Waals surface area (Å²) in [6.45, 7) is 3.56. The number of carbonyl (C=O) groups is 2. The number of ketones is 1. The molecule has 0 bridgehead atoms. The summed E-state index contributed by atoms with van der Waals surface area (Å²) in [5.41, 5.74) is 2.83. The zero-order chi connectivity index (χ0) is 21.8. The second-order valence-electron chi connectivity index (χ2n) is 8.06. The van der Waals surface area contributed by atoms with Gasteiger partial charge in [0.15, 0.2) is 5.78 Å². The summed E-state index contributed by atoms with van der Waals surface area (Å²) in [4.78, 5) is 29.2. The third-order valence-corrected chi connectivity index (χ3v) is 6.55. The zero-order valence-electron chi connectivity index (χ0n) is 17.8. The molecule has 1 unspecified atom stereocenters. The molecule has 0 spiro atoms. The lowest BCUT2D eigenvalue weighted by Crippen LogP contribution is -2.10. The van der Waals surface area contributed by atoms with Crippen LogP contribution in [-0.2, 0) is 27.2 Å². The highest BCUT2D eigenvalue weighted by Crippen LogP contribution is 2.38. The first-order valence-corrected chi connectivity index (χ1v) is 11.4. The van der Waals surface area contributed by atoms with E-state index in [-0.39, 0.29) is 17.6 Å². The minimum Gasteiger partial charge on any atom is -0.496 e. The SMILES string of the molecule is CCc1nsc(NC(=O)/C=C2/C[C@H](c3ccc(OC)c(CC4CCOC4)c3)CC2=O)n1. The van der Waals surface area contributed by atoms with Gasteiger partial charge in [0.1, 0.15) is 11.6 Å². The number of rotatable bonds is 7. The summed E-state index contributed by atoms with van der Waals surface area (Å²) in [6, 6.07) is 6.17. The summed E-state index contributed by atoms with van der Waals surface area (Å²) in [6.07, 6.45) is 5.06. The molecule has 1 aliphatic carbocycles. The van der Waals surface area contributed by atoms with Crippen LogP contribution in [0, 0.1) is 5.92 Å². The van der Waals surface area contributed by atoms with Crippen LogP contribution in [-0.4, -0.2) is 41.4 Å². The summed E-state index contributed by atoms with van der Waals surface area (Å²) in [5.74, 6) is 1.84. The minimum atomic E-state index is -0.334. The van der Waals surface area contributed by atoms with E-state index in [1.165, 1.54) is 6.08 Å². The molecule has 1 aromatic carbocycles. The fourth-order valence-electron chi connectivity index (χ4n) is 4.20. The van der Waals surface area contributed by atoms with Crippen LogP contribution in [0.25, 0.3) is 0 Å². The van der Waals surface area contributed by atoms with Crippen molar-refractivity contribution < 1.29 is 19.1 Å². The third kappa shape index (κ3) is 5.19. The summed E-state index contributed by atoms with van der Waals surface area (Å²) >= 11 is 1.15. The molecule has 1 N–H and O–H groups in total. The zero-order valence-corrected chi connectivity index (χ0v) is 18.7. The van der Waals surface area contributed by atoms with Crippen molar-refractivity contribution in [3.8, 4) is 5.75 Å². The van der Waals surface area contributed by atoms with E-state index >= 15 is 0 Å². The first kappa shape index (κ1) is 21.6. The van der Waals surface area contributed by atoms with Crippen LogP contribution >= 0.6 is 11.5 Å².